The monoisotopic (exact) mass is 296 g/mol. The Kier molecular flexibility index (Phi) is 4.68. The van der Waals surface area contributed by atoms with E-state index < -0.39 is 0 Å². The first kappa shape index (κ1) is 14.6. The number of nitrogens with one attached hydrogen (secondary N) is 1. The SMILES string of the molecule is O=C(NCc1cccnc1)c1ccc(OC2CCCC2)cc1. The standard InChI is InChI=1S/C18H20N2O2/c21-18(20-13-14-4-3-11-19-12-14)15-7-9-17(10-8-15)22-16-5-1-2-6-16/h3-4,7-12,16H,1-2,5-6,13H2,(H,20,21). The van der Waals surface area contributed by atoms with Crippen molar-refractivity contribution in [1.82, 2.24) is 10.3 Å². The van der Waals surface area contributed by atoms with Gasteiger partial charge in [-0.25, -0.2) is 0 Å². The van der Waals surface area contributed by atoms with Gasteiger partial charge in [-0.15, -0.1) is 0 Å². The van der Waals surface area contributed by atoms with E-state index in [1.807, 2.05) is 36.4 Å². The molecule has 4 heteroatoms. The maximum absolute atomic E-state index is 12.1. The molecule has 1 aromatic heterocycles. The van der Waals surface area contributed by atoms with Gasteiger partial charge in [-0.05, 0) is 61.6 Å². The maximum Gasteiger partial charge on any atom is 0.251 e. The van der Waals surface area contributed by atoms with Gasteiger partial charge >= 0.3 is 0 Å². The maximum atomic E-state index is 12.1. The van der Waals surface area contributed by atoms with Crippen LogP contribution in [0.3, 0.4) is 0 Å². The molecule has 0 atom stereocenters. The Hall–Kier alpha value is -2.36. The molecule has 0 bridgehead atoms. The van der Waals surface area contributed by atoms with Gasteiger partial charge < -0.3 is 10.1 Å². The van der Waals surface area contributed by atoms with Crippen LogP contribution in [0.2, 0.25) is 0 Å². The van der Waals surface area contributed by atoms with Crippen LogP contribution in [-0.4, -0.2) is 17.0 Å². The molecule has 0 aliphatic heterocycles. The second-order valence-electron chi connectivity index (χ2n) is 5.59. The number of ether oxygens (including phenoxy) is 1. The summed E-state index contributed by atoms with van der Waals surface area (Å²) in [5, 5.41) is 2.89. The van der Waals surface area contributed by atoms with Crippen molar-refractivity contribution < 1.29 is 9.53 Å². The number of rotatable bonds is 5. The van der Waals surface area contributed by atoms with Crippen molar-refractivity contribution in [3.63, 3.8) is 0 Å². The van der Waals surface area contributed by atoms with Crippen LogP contribution >= 0.6 is 0 Å². The van der Waals surface area contributed by atoms with Crippen molar-refractivity contribution in [1.29, 1.82) is 0 Å². The van der Waals surface area contributed by atoms with Crippen molar-refractivity contribution in [2.75, 3.05) is 0 Å². The smallest absolute Gasteiger partial charge is 0.251 e. The van der Waals surface area contributed by atoms with Gasteiger partial charge in [-0.2, -0.15) is 0 Å². The molecule has 2 aromatic rings. The molecule has 1 fully saturated rings. The molecule has 1 N–H and O–H groups in total. The van der Waals surface area contributed by atoms with Crippen molar-refractivity contribution in [2.24, 2.45) is 0 Å². The second-order valence-corrected chi connectivity index (χ2v) is 5.59. The Balaban J connectivity index is 1.54. The Morgan fingerprint density at radius 1 is 1.18 bits per heavy atom. The van der Waals surface area contributed by atoms with Crippen molar-refractivity contribution in [2.45, 2.75) is 38.3 Å². The summed E-state index contributed by atoms with van der Waals surface area (Å²) in [5.74, 6) is 0.756. The van der Waals surface area contributed by atoms with Crippen LogP contribution in [0.25, 0.3) is 0 Å². The molecule has 1 aromatic carbocycles. The summed E-state index contributed by atoms with van der Waals surface area (Å²) in [4.78, 5) is 16.1. The van der Waals surface area contributed by atoms with Crippen LogP contribution < -0.4 is 10.1 Å². The summed E-state index contributed by atoms with van der Waals surface area (Å²) in [7, 11) is 0. The van der Waals surface area contributed by atoms with Gasteiger partial charge in [0.25, 0.3) is 5.91 Å². The summed E-state index contributed by atoms with van der Waals surface area (Å²) < 4.78 is 5.90. The Morgan fingerprint density at radius 3 is 2.64 bits per heavy atom. The lowest BCUT2D eigenvalue weighted by molar-refractivity contribution is 0.0951. The number of amides is 1. The minimum Gasteiger partial charge on any atom is -0.490 e. The minimum atomic E-state index is -0.0868. The van der Waals surface area contributed by atoms with Gasteiger partial charge in [-0.3, -0.25) is 9.78 Å². The lowest BCUT2D eigenvalue weighted by atomic mass is 10.2. The molecule has 1 aliphatic rings. The van der Waals surface area contributed by atoms with Crippen LogP contribution in [0, 0.1) is 0 Å². The predicted molar refractivity (Wildman–Crippen MR) is 84.7 cm³/mol. The largest absolute Gasteiger partial charge is 0.490 e. The topological polar surface area (TPSA) is 51.2 Å². The summed E-state index contributed by atoms with van der Waals surface area (Å²) in [5.41, 5.74) is 1.62. The molecule has 0 unspecified atom stereocenters. The normalized spacial score (nSPS) is 14.7. The summed E-state index contributed by atoms with van der Waals surface area (Å²) >= 11 is 0. The first-order valence-electron chi connectivity index (χ1n) is 7.75. The van der Waals surface area contributed by atoms with Crippen LogP contribution in [0.4, 0.5) is 0 Å². The van der Waals surface area contributed by atoms with Gasteiger partial charge in [0, 0.05) is 24.5 Å². The fourth-order valence-corrected chi connectivity index (χ4v) is 2.67. The highest BCUT2D eigenvalue weighted by Gasteiger charge is 2.16. The molecular weight excluding hydrogens is 276 g/mol. The second kappa shape index (κ2) is 7.07. The van der Waals surface area contributed by atoms with Crippen LogP contribution in [0.1, 0.15) is 41.6 Å². The number of pyridine rings is 1. The van der Waals surface area contributed by atoms with Gasteiger partial charge in [0.05, 0.1) is 6.10 Å². The van der Waals surface area contributed by atoms with E-state index >= 15 is 0 Å². The van der Waals surface area contributed by atoms with Crippen molar-refractivity contribution in [3.05, 3.63) is 59.9 Å². The number of hydrogen-bond acceptors (Lipinski definition) is 3. The first-order chi connectivity index (χ1) is 10.8. The number of aromatic nitrogens is 1. The summed E-state index contributed by atoms with van der Waals surface area (Å²) in [6, 6.07) is 11.2. The Labute approximate surface area is 130 Å². The zero-order valence-electron chi connectivity index (χ0n) is 12.5. The molecule has 0 radical (unpaired) electrons. The third kappa shape index (κ3) is 3.85. The third-order valence-corrected chi connectivity index (χ3v) is 3.90. The van der Waals surface area contributed by atoms with Gasteiger partial charge in [-0.1, -0.05) is 6.07 Å². The predicted octanol–water partition coefficient (Wildman–Crippen LogP) is 3.33. The highest BCUT2D eigenvalue weighted by molar-refractivity contribution is 5.94. The summed E-state index contributed by atoms with van der Waals surface area (Å²) in [6.07, 6.45) is 8.57. The number of nitrogens with zero attached hydrogens (tertiary/aromatic N) is 1. The van der Waals surface area contributed by atoms with Crippen molar-refractivity contribution >= 4 is 5.91 Å². The van der Waals surface area contributed by atoms with E-state index in [0.717, 1.165) is 24.2 Å². The Morgan fingerprint density at radius 2 is 1.95 bits per heavy atom. The van der Waals surface area contributed by atoms with E-state index in [2.05, 4.69) is 10.3 Å². The lowest BCUT2D eigenvalue weighted by Gasteiger charge is -2.13. The molecule has 0 saturated heterocycles. The quantitative estimate of drug-likeness (QED) is 0.920. The van der Waals surface area contributed by atoms with E-state index in [1.54, 1.807) is 12.4 Å². The molecule has 1 saturated carbocycles. The Bertz CT molecular complexity index is 605. The summed E-state index contributed by atoms with van der Waals surface area (Å²) in [6.45, 7) is 0.479. The van der Waals surface area contributed by atoms with Gasteiger partial charge in [0.1, 0.15) is 5.75 Å². The zero-order chi connectivity index (χ0) is 15.2. The molecule has 4 nitrogen and oxygen atoms in total. The zero-order valence-corrected chi connectivity index (χ0v) is 12.5. The molecule has 22 heavy (non-hydrogen) atoms. The average molecular weight is 296 g/mol. The average Bonchev–Trinajstić information content (AvgIpc) is 3.07. The molecule has 1 amide bonds. The fraction of sp³-hybridized carbons (Fsp3) is 0.333. The van der Waals surface area contributed by atoms with Crippen LogP contribution in [0.15, 0.2) is 48.8 Å². The van der Waals surface area contributed by atoms with E-state index in [9.17, 15) is 4.79 Å². The fourth-order valence-electron chi connectivity index (χ4n) is 2.67. The first-order valence-corrected chi connectivity index (χ1v) is 7.75. The van der Waals surface area contributed by atoms with Crippen LogP contribution in [0.5, 0.6) is 5.75 Å². The van der Waals surface area contributed by atoms with E-state index in [1.165, 1.54) is 12.8 Å². The minimum absolute atomic E-state index is 0.0868. The van der Waals surface area contributed by atoms with Crippen molar-refractivity contribution in [3.8, 4) is 5.75 Å². The number of carbonyl (C=O) groups excluding carboxylic acids is 1. The molecular formula is C18H20N2O2. The van der Waals surface area contributed by atoms with E-state index in [0.29, 0.717) is 18.2 Å². The third-order valence-electron chi connectivity index (χ3n) is 3.90. The lowest BCUT2D eigenvalue weighted by Crippen LogP contribution is -2.22. The highest BCUT2D eigenvalue weighted by atomic mass is 16.5. The molecule has 0 spiro atoms. The van der Waals surface area contributed by atoms with Crippen LogP contribution in [-0.2, 0) is 6.54 Å². The number of carbonyl (C=O) groups is 1. The molecule has 1 aliphatic carbocycles. The molecule has 1 heterocycles. The number of benzene rings is 1. The van der Waals surface area contributed by atoms with E-state index in [-0.39, 0.29) is 5.91 Å². The number of hydrogen-bond donors (Lipinski definition) is 1. The molecule has 114 valence electrons. The highest BCUT2D eigenvalue weighted by Crippen LogP contribution is 2.24. The van der Waals surface area contributed by atoms with E-state index in [4.69, 9.17) is 4.74 Å². The van der Waals surface area contributed by atoms with Gasteiger partial charge in [0.2, 0.25) is 0 Å². The molecule has 3 rings (SSSR count). The van der Waals surface area contributed by atoms with Gasteiger partial charge in [0.15, 0.2) is 0 Å².